The molecule has 18 heavy (non-hydrogen) atoms. The largest absolute Gasteiger partial charge is 0.481 e. The first-order chi connectivity index (χ1) is 8.45. The van der Waals surface area contributed by atoms with Crippen LogP contribution in [0.4, 0.5) is 0 Å². The van der Waals surface area contributed by atoms with Gasteiger partial charge in [-0.15, -0.1) is 0 Å². The molecular weight excluding hydrogens is 252 g/mol. The first-order valence-electron chi connectivity index (χ1n) is 5.89. The van der Waals surface area contributed by atoms with E-state index in [0.29, 0.717) is 11.1 Å². The predicted molar refractivity (Wildman–Crippen MR) is 71.0 cm³/mol. The number of carbonyl (C=O) groups is 1. The van der Waals surface area contributed by atoms with E-state index in [2.05, 4.69) is 25.8 Å². The number of rotatable bonds is 6. The Kier molecular flexibility index (Phi) is 5.40. The Bertz CT molecular complexity index is 471. The Morgan fingerprint density at radius 1 is 1.56 bits per heavy atom. The molecule has 1 unspecified atom stereocenters. The van der Waals surface area contributed by atoms with Crippen molar-refractivity contribution in [3.63, 3.8) is 0 Å². The number of aromatic nitrogens is 2. The van der Waals surface area contributed by atoms with E-state index in [1.165, 1.54) is 6.07 Å². The molecule has 100 valence electrons. The topological polar surface area (TPSA) is 72.2 Å². The zero-order valence-electron chi connectivity index (χ0n) is 10.8. The fourth-order valence-corrected chi connectivity index (χ4v) is 2.62. The molecule has 0 saturated heterocycles. The van der Waals surface area contributed by atoms with Gasteiger partial charge in [-0.3, -0.25) is 9.59 Å². The average Bonchev–Trinajstić information content (AvgIpc) is 2.29. The van der Waals surface area contributed by atoms with Crippen LogP contribution in [0.5, 0.6) is 0 Å². The molecular formula is C12H18N2O3S. The first kappa shape index (κ1) is 14.8. The zero-order chi connectivity index (χ0) is 13.7. The molecule has 0 fully saturated rings. The number of carboxylic acids is 1. The molecule has 1 N–H and O–H groups in total. The number of thioether (sulfide) groups is 1. The molecule has 0 aromatic carbocycles. The zero-order valence-corrected chi connectivity index (χ0v) is 11.6. The molecule has 0 spiro atoms. The highest BCUT2D eigenvalue weighted by Crippen LogP contribution is 2.25. The van der Waals surface area contributed by atoms with Crippen molar-refractivity contribution in [3.05, 3.63) is 22.6 Å². The minimum atomic E-state index is -0.915. The van der Waals surface area contributed by atoms with Gasteiger partial charge in [0, 0.05) is 18.3 Å². The van der Waals surface area contributed by atoms with Crippen molar-refractivity contribution in [2.24, 2.45) is 5.92 Å². The van der Waals surface area contributed by atoms with E-state index >= 15 is 0 Å². The second-order valence-corrected chi connectivity index (χ2v) is 5.30. The third-order valence-electron chi connectivity index (χ3n) is 2.67. The highest BCUT2D eigenvalue weighted by atomic mass is 32.2. The van der Waals surface area contributed by atoms with Crippen LogP contribution in [0.25, 0.3) is 0 Å². The standard InChI is InChI=1S/C12H18N2O3S/c1-4-9(8(2)3)14-6-5-10(15)13-12(14)18-7-11(16)17/h5-6,8-9H,4,7H2,1-3H3,(H,16,17). The molecule has 1 aromatic rings. The Balaban J connectivity index is 3.09. The van der Waals surface area contributed by atoms with Crippen LogP contribution in [0, 0.1) is 5.92 Å². The van der Waals surface area contributed by atoms with E-state index in [0.717, 1.165) is 18.2 Å². The molecule has 5 nitrogen and oxygen atoms in total. The molecule has 0 saturated carbocycles. The molecule has 0 aliphatic heterocycles. The second-order valence-electron chi connectivity index (χ2n) is 4.36. The Labute approximate surface area is 110 Å². The molecule has 6 heteroatoms. The maximum atomic E-state index is 11.3. The number of hydrogen-bond acceptors (Lipinski definition) is 4. The molecule has 0 amide bonds. The van der Waals surface area contributed by atoms with Crippen molar-refractivity contribution < 1.29 is 9.90 Å². The summed E-state index contributed by atoms with van der Waals surface area (Å²) in [7, 11) is 0. The van der Waals surface area contributed by atoms with Crippen molar-refractivity contribution in [3.8, 4) is 0 Å². The molecule has 1 rings (SSSR count). The lowest BCUT2D eigenvalue weighted by atomic mass is 10.0. The number of aliphatic carboxylic acids is 1. The van der Waals surface area contributed by atoms with Crippen molar-refractivity contribution in [1.82, 2.24) is 9.55 Å². The monoisotopic (exact) mass is 270 g/mol. The number of carboxylic acid groups (broad SMARTS) is 1. The molecule has 0 bridgehead atoms. The smallest absolute Gasteiger partial charge is 0.313 e. The van der Waals surface area contributed by atoms with E-state index in [1.54, 1.807) is 6.20 Å². The average molecular weight is 270 g/mol. The molecule has 0 radical (unpaired) electrons. The maximum Gasteiger partial charge on any atom is 0.313 e. The lowest BCUT2D eigenvalue weighted by Crippen LogP contribution is -2.21. The van der Waals surface area contributed by atoms with Gasteiger partial charge in [-0.05, 0) is 12.3 Å². The van der Waals surface area contributed by atoms with Gasteiger partial charge in [-0.2, -0.15) is 4.98 Å². The Morgan fingerprint density at radius 3 is 2.72 bits per heavy atom. The summed E-state index contributed by atoms with van der Waals surface area (Å²) in [5.74, 6) is -0.615. The van der Waals surface area contributed by atoms with Crippen LogP contribution in [0.3, 0.4) is 0 Å². The summed E-state index contributed by atoms with van der Waals surface area (Å²) >= 11 is 1.08. The third-order valence-corrected chi connectivity index (χ3v) is 3.63. The summed E-state index contributed by atoms with van der Waals surface area (Å²) in [4.78, 5) is 25.8. The van der Waals surface area contributed by atoms with Crippen LogP contribution in [0.1, 0.15) is 33.2 Å². The Hall–Kier alpha value is -1.30. The summed E-state index contributed by atoms with van der Waals surface area (Å²) in [5.41, 5.74) is -0.335. The van der Waals surface area contributed by atoms with Gasteiger partial charge in [0.25, 0.3) is 5.56 Å². The fourth-order valence-electron chi connectivity index (χ4n) is 1.87. The van der Waals surface area contributed by atoms with Crippen molar-refractivity contribution in [1.29, 1.82) is 0 Å². The minimum Gasteiger partial charge on any atom is -0.481 e. The second kappa shape index (κ2) is 6.58. The van der Waals surface area contributed by atoms with Crippen molar-refractivity contribution in [2.75, 3.05) is 5.75 Å². The number of hydrogen-bond donors (Lipinski definition) is 1. The minimum absolute atomic E-state index is 0.0923. The van der Waals surface area contributed by atoms with Gasteiger partial charge in [0.15, 0.2) is 5.16 Å². The molecule has 1 aromatic heterocycles. The number of nitrogens with zero attached hydrogens (tertiary/aromatic N) is 2. The lowest BCUT2D eigenvalue weighted by Gasteiger charge is -2.24. The normalized spacial score (nSPS) is 12.7. The summed E-state index contributed by atoms with van der Waals surface area (Å²) in [6, 6.07) is 1.63. The molecule has 1 heterocycles. The molecule has 0 aliphatic carbocycles. The van der Waals surface area contributed by atoms with Gasteiger partial charge in [0.05, 0.1) is 5.75 Å². The van der Waals surface area contributed by atoms with E-state index < -0.39 is 5.97 Å². The van der Waals surface area contributed by atoms with Crippen LogP contribution in [0.2, 0.25) is 0 Å². The van der Waals surface area contributed by atoms with Crippen LogP contribution >= 0.6 is 11.8 Å². The van der Waals surface area contributed by atoms with Crippen LogP contribution in [-0.2, 0) is 4.79 Å². The predicted octanol–water partition coefficient (Wildman–Crippen LogP) is 2.03. The van der Waals surface area contributed by atoms with Gasteiger partial charge < -0.3 is 9.67 Å². The highest BCUT2D eigenvalue weighted by molar-refractivity contribution is 7.99. The maximum absolute atomic E-state index is 11.3. The van der Waals surface area contributed by atoms with Gasteiger partial charge in [-0.25, -0.2) is 0 Å². The van der Waals surface area contributed by atoms with Crippen molar-refractivity contribution >= 4 is 17.7 Å². The van der Waals surface area contributed by atoms with Crippen LogP contribution in [0.15, 0.2) is 22.2 Å². The van der Waals surface area contributed by atoms with Crippen LogP contribution < -0.4 is 5.56 Å². The quantitative estimate of drug-likeness (QED) is 0.632. The van der Waals surface area contributed by atoms with Gasteiger partial charge in [-0.1, -0.05) is 32.5 Å². The summed E-state index contributed by atoms with van der Waals surface area (Å²) in [5, 5.41) is 9.18. The van der Waals surface area contributed by atoms with E-state index in [4.69, 9.17) is 5.11 Å². The van der Waals surface area contributed by atoms with Gasteiger partial charge in [0.2, 0.25) is 0 Å². The van der Waals surface area contributed by atoms with Gasteiger partial charge in [0.1, 0.15) is 0 Å². The fraction of sp³-hybridized carbons (Fsp3) is 0.583. The third kappa shape index (κ3) is 3.87. The lowest BCUT2D eigenvalue weighted by molar-refractivity contribution is -0.133. The van der Waals surface area contributed by atoms with Crippen LogP contribution in [-0.4, -0.2) is 26.4 Å². The molecule has 1 atom stereocenters. The summed E-state index contributed by atoms with van der Waals surface area (Å²) < 4.78 is 1.90. The first-order valence-corrected chi connectivity index (χ1v) is 6.88. The van der Waals surface area contributed by atoms with Gasteiger partial charge >= 0.3 is 5.97 Å². The molecule has 0 aliphatic rings. The van der Waals surface area contributed by atoms with E-state index in [9.17, 15) is 9.59 Å². The SMILES string of the molecule is CCC(C(C)C)n1ccc(=O)nc1SCC(=O)O. The van der Waals surface area contributed by atoms with E-state index in [1.807, 2.05) is 4.57 Å². The van der Waals surface area contributed by atoms with E-state index in [-0.39, 0.29) is 17.4 Å². The summed E-state index contributed by atoms with van der Waals surface area (Å²) in [6.45, 7) is 6.25. The Morgan fingerprint density at radius 2 is 2.22 bits per heavy atom. The van der Waals surface area contributed by atoms with Crippen molar-refractivity contribution in [2.45, 2.75) is 38.4 Å². The summed E-state index contributed by atoms with van der Waals surface area (Å²) in [6.07, 6.45) is 2.61. The highest BCUT2D eigenvalue weighted by Gasteiger charge is 2.17.